The number of halogens is 2. The molecule has 0 atom stereocenters. The maximum atomic E-state index is 12.7. The van der Waals surface area contributed by atoms with Crippen molar-refractivity contribution >= 4 is 46.6 Å². The van der Waals surface area contributed by atoms with E-state index in [-0.39, 0.29) is 12.6 Å². The van der Waals surface area contributed by atoms with Crippen molar-refractivity contribution in [3.8, 4) is 5.75 Å². The van der Waals surface area contributed by atoms with Crippen molar-refractivity contribution in [2.24, 2.45) is 0 Å². The molecule has 2 aromatic rings. The quantitative estimate of drug-likeness (QED) is 0.136. The summed E-state index contributed by atoms with van der Waals surface area (Å²) >= 11 is 12.6. The summed E-state index contributed by atoms with van der Waals surface area (Å²) in [6, 6.07) is 11.5. The second kappa shape index (κ2) is 13.7. The fourth-order valence-electron chi connectivity index (χ4n) is 4.81. The van der Waals surface area contributed by atoms with Crippen LogP contribution in [0.4, 0.5) is 16.2 Å². The van der Waals surface area contributed by atoms with Gasteiger partial charge < -0.3 is 19.1 Å². The van der Waals surface area contributed by atoms with E-state index in [4.69, 9.17) is 37.4 Å². The second-order valence-electron chi connectivity index (χ2n) is 12.2. The smallest absolute Gasteiger partial charge is 0.494 e. The van der Waals surface area contributed by atoms with E-state index in [0.29, 0.717) is 45.4 Å². The van der Waals surface area contributed by atoms with E-state index in [1.54, 1.807) is 0 Å². The Bertz CT molecular complexity index is 1260. The molecule has 0 bridgehead atoms. The zero-order valence-electron chi connectivity index (χ0n) is 25.3. The third-order valence-corrected chi connectivity index (χ3v) is 9.11. The molecule has 0 aromatic heterocycles. The van der Waals surface area contributed by atoms with Crippen molar-refractivity contribution in [2.75, 3.05) is 77.0 Å². The summed E-state index contributed by atoms with van der Waals surface area (Å²) in [5.74, 6) is 0.588. The number of piperazine rings is 1. The van der Waals surface area contributed by atoms with Gasteiger partial charge in [-0.15, -0.1) is 0 Å². The lowest BCUT2D eigenvalue weighted by molar-refractivity contribution is -0.943. The Morgan fingerprint density at radius 3 is 2.43 bits per heavy atom. The fourth-order valence-corrected chi connectivity index (χ4v) is 5.23. The number of anilines is 2. The molecule has 1 saturated heterocycles. The van der Waals surface area contributed by atoms with Gasteiger partial charge in [-0.2, -0.15) is 0 Å². The van der Waals surface area contributed by atoms with E-state index < -0.39 is 11.9 Å². The Morgan fingerprint density at radius 1 is 0.976 bits per heavy atom. The molecule has 1 fully saturated rings. The van der Waals surface area contributed by atoms with Crippen LogP contribution in [0.15, 0.2) is 36.4 Å². The van der Waals surface area contributed by atoms with Crippen molar-refractivity contribution in [1.82, 2.24) is 4.90 Å². The number of quaternary nitrogens is 1. The van der Waals surface area contributed by atoms with Crippen molar-refractivity contribution in [2.45, 2.75) is 45.3 Å². The number of rotatable bonds is 11. The maximum Gasteiger partial charge on any atom is 0.514 e. The first kappa shape index (κ1) is 32.2. The number of aryl methyl sites for hydroxylation is 1. The van der Waals surface area contributed by atoms with Gasteiger partial charge in [0.05, 0.1) is 49.2 Å². The predicted octanol–water partition coefficient (Wildman–Crippen LogP) is 5.81. The minimum absolute atomic E-state index is 0.101. The highest BCUT2D eigenvalue weighted by Gasteiger charge is 2.38. The van der Waals surface area contributed by atoms with Crippen LogP contribution in [0, 0.1) is 0 Å². The molecule has 230 valence electrons. The maximum absolute atomic E-state index is 12.7. The van der Waals surface area contributed by atoms with Crippen LogP contribution in [-0.4, -0.2) is 94.4 Å². The Morgan fingerprint density at radius 2 is 1.71 bits per heavy atom. The largest absolute Gasteiger partial charge is 0.514 e. The monoisotopic (exact) mass is 621 g/mol. The molecule has 9 nitrogen and oxygen atoms in total. The Kier molecular flexibility index (Phi) is 10.5. The number of benzene rings is 2. The summed E-state index contributed by atoms with van der Waals surface area (Å²) in [6.45, 7) is 8.78. The SMILES string of the molecule is CC(C)(OC(=O)OCN1C(=O)CCc2ccc(OCCCCN3CCN(c4cccc(Cl)c4Cl)CC3)cc21)[N+](C)(C)C. The average Bonchev–Trinajstić information content (AvgIpc) is 2.93. The van der Waals surface area contributed by atoms with Gasteiger partial charge in [-0.1, -0.05) is 35.3 Å². The first-order chi connectivity index (χ1) is 19.9. The van der Waals surface area contributed by atoms with Crippen molar-refractivity contribution in [3.05, 3.63) is 52.0 Å². The van der Waals surface area contributed by atoms with Crippen molar-refractivity contribution in [3.63, 3.8) is 0 Å². The van der Waals surface area contributed by atoms with Gasteiger partial charge in [-0.25, -0.2) is 4.79 Å². The molecule has 0 spiro atoms. The van der Waals surface area contributed by atoms with Crippen molar-refractivity contribution in [1.29, 1.82) is 0 Å². The molecule has 42 heavy (non-hydrogen) atoms. The summed E-state index contributed by atoms with van der Waals surface area (Å²) < 4.78 is 17.3. The molecule has 0 aliphatic carbocycles. The highest BCUT2D eigenvalue weighted by Crippen LogP contribution is 2.34. The van der Waals surface area contributed by atoms with Crippen LogP contribution in [0.2, 0.25) is 10.0 Å². The zero-order chi connectivity index (χ0) is 30.5. The van der Waals surface area contributed by atoms with Gasteiger partial charge in [-0.05, 0) is 49.6 Å². The molecule has 4 rings (SSSR count). The molecule has 0 radical (unpaired) electrons. The fraction of sp³-hybridized carbons (Fsp3) is 0.548. The predicted molar refractivity (Wildman–Crippen MR) is 167 cm³/mol. The summed E-state index contributed by atoms with van der Waals surface area (Å²) in [6.07, 6.45) is 2.12. The number of carbonyl (C=O) groups excluding carboxylic acids is 2. The van der Waals surface area contributed by atoms with E-state index in [9.17, 15) is 9.59 Å². The third kappa shape index (κ3) is 8.01. The molecule has 0 N–H and O–H groups in total. The van der Waals surface area contributed by atoms with Gasteiger partial charge in [0.25, 0.3) is 0 Å². The molecule has 0 unspecified atom stereocenters. The molecule has 11 heteroatoms. The van der Waals surface area contributed by atoms with Crippen LogP contribution in [-0.2, 0) is 20.7 Å². The molecular formula is C31H43Cl2N4O5+. The topological polar surface area (TPSA) is 71.5 Å². The number of carbonyl (C=O) groups is 2. The summed E-state index contributed by atoms with van der Waals surface area (Å²) in [5.41, 5.74) is 1.93. The van der Waals surface area contributed by atoms with Crippen LogP contribution in [0.3, 0.4) is 0 Å². The lowest BCUT2D eigenvalue weighted by Crippen LogP contribution is -2.55. The van der Waals surface area contributed by atoms with Crippen LogP contribution in [0.1, 0.15) is 38.7 Å². The molecule has 0 saturated carbocycles. The van der Waals surface area contributed by atoms with Crippen molar-refractivity contribution < 1.29 is 28.3 Å². The molecule has 2 heterocycles. The highest BCUT2D eigenvalue weighted by molar-refractivity contribution is 6.43. The van der Waals surface area contributed by atoms with E-state index >= 15 is 0 Å². The first-order valence-corrected chi connectivity index (χ1v) is 15.3. The Hall–Kier alpha value is -2.72. The minimum Gasteiger partial charge on any atom is -0.494 e. The molecular weight excluding hydrogens is 579 g/mol. The zero-order valence-corrected chi connectivity index (χ0v) is 26.8. The van der Waals surface area contributed by atoms with Crippen LogP contribution < -0.4 is 14.5 Å². The van der Waals surface area contributed by atoms with E-state index in [1.807, 2.05) is 71.4 Å². The van der Waals surface area contributed by atoms with Crippen LogP contribution in [0.25, 0.3) is 0 Å². The Balaban J connectivity index is 1.22. The number of ether oxygens (including phenoxy) is 3. The van der Waals surface area contributed by atoms with Gasteiger partial charge in [0, 0.05) is 52.5 Å². The molecule has 2 aliphatic rings. The standard InChI is InChI=1S/C31H43Cl2N4O5/c1-31(2,37(3,4)5)42-30(39)41-22-36-27-21-24(13-11-23(27)12-14-28(36)38)40-20-7-6-15-34-16-18-35(19-17-34)26-10-8-9-25(32)29(26)33/h8-11,13,21H,6-7,12,14-20,22H2,1-5H3/q+1. The van der Waals surface area contributed by atoms with Gasteiger partial charge in [0.1, 0.15) is 5.75 Å². The number of hydrogen-bond donors (Lipinski definition) is 0. The van der Waals surface area contributed by atoms with E-state index in [2.05, 4.69) is 9.80 Å². The van der Waals surface area contributed by atoms with E-state index in [0.717, 1.165) is 56.8 Å². The number of amides is 1. The highest BCUT2D eigenvalue weighted by atomic mass is 35.5. The minimum atomic E-state index is -0.810. The van der Waals surface area contributed by atoms with E-state index in [1.165, 1.54) is 4.90 Å². The number of hydrogen-bond acceptors (Lipinski definition) is 7. The molecule has 2 aliphatic heterocycles. The summed E-state index contributed by atoms with van der Waals surface area (Å²) in [4.78, 5) is 31.4. The lowest BCUT2D eigenvalue weighted by Gasteiger charge is -2.39. The van der Waals surface area contributed by atoms with Crippen LogP contribution >= 0.6 is 23.2 Å². The molecule has 2 aromatic carbocycles. The van der Waals surface area contributed by atoms with Gasteiger partial charge in [0.15, 0.2) is 6.73 Å². The lowest BCUT2D eigenvalue weighted by atomic mass is 10.0. The van der Waals surface area contributed by atoms with Gasteiger partial charge >= 0.3 is 6.16 Å². The normalized spacial score (nSPS) is 16.3. The van der Waals surface area contributed by atoms with Gasteiger partial charge in [0.2, 0.25) is 11.6 Å². The Labute approximate surface area is 259 Å². The average molecular weight is 623 g/mol. The van der Waals surface area contributed by atoms with Crippen LogP contribution in [0.5, 0.6) is 5.75 Å². The molecule has 1 amide bonds. The second-order valence-corrected chi connectivity index (χ2v) is 12.9. The number of nitrogens with zero attached hydrogens (tertiary/aromatic N) is 4. The first-order valence-electron chi connectivity index (χ1n) is 14.5. The summed E-state index contributed by atoms with van der Waals surface area (Å²) in [5, 5.41) is 1.21. The third-order valence-electron chi connectivity index (χ3n) is 8.30. The summed E-state index contributed by atoms with van der Waals surface area (Å²) in [7, 11) is 5.79. The van der Waals surface area contributed by atoms with Gasteiger partial charge in [-0.3, -0.25) is 19.1 Å². The number of fused-ring (bicyclic) bond motifs is 1. The number of unbranched alkanes of at least 4 members (excludes halogenated alkanes) is 1.